The second kappa shape index (κ2) is 6.79. The minimum atomic E-state index is -0.732. The summed E-state index contributed by atoms with van der Waals surface area (Å²) in [5.74, 6) is -0.732. The Balaban J connectivity index is 2.13. The first-order valence-electron chi connectivity index (χ1n) is 6.87. The quantitative estimate of drug-likeness (QED) is 0.869. The zero-order valence-corrected chi connectivity index (χ0v) is 12.8. The van der Waals surface area contributed by atoms with Gasteiger partial charge < -0.3 is 10.4 Å². The van der Waals surface area contributed by atoms with E-state index in [1.165, 1.54) is 0 Å². The number of halogens is 2. The van der Waals surface area contributed by atoms with E-state index in [0.717, 1.165) is 37.9 Å². The van der Waals surface area contributed by atoms with Crippen molar-refractivity contribution in [1.82, 2.24) is 5.32 Å². The van der Waals surface area contributed by atoms with Gasteiger partial charge in [0, 0.05) is 13.0 Å². The molecule has 1 fully saturated rings. The third-order valence-corrected chi connectivity index (χ3v) is 4.73. The summed E-state index contributed by atoms with van der Waals surface area (Å²) in [4.78, 5) is 10.9. The SMILES string of the molecule is O=C(O)CCC1(Cc2ccc(Cl)c(Cl)c2)CCCNC1. The highest BCUT2D eigenvalue weighted by molar-refractivity contribution is 6.42. The molecule has 0 spiro atoms. The topological polar surface area (TPSA) is 49.3 Å². The van der Waals surface area contributed by atoms with Crippen LogP contribution in [-0.2, 0) is 11.2 Å². The molecule has 2 N–H and O–H groups in total. The zero-order valence-electron chi connectivity index (χ0n) is 11.3. The number of carboxylic acid groups (broad SMARTS) is 1. The molecule has 0 radical (unpaired) electrons. The lowest BCUT2D eigenvalue weighted by molar-refractivity contribution is -0.137. The van der Waals surface area contributed by atoms with Crippen molar-refractivity contribution < 1.29 is 9.90 Å². The number of hydrogen-bond acceptors (Lipinski definition) is 2. The summed E-state index contributed by atoms with van der Waals surface area (Å²) in [6, 6.07) is 5.67. The smallest absolute Gasteiger partial charge is 0.303 e. The molecule has 1 aromatic rings. The number of carbonyl (C=O) groups is 1. The van der Waals surface area contributed by atoms with Gasteiger partial charge in [-0.1, -0.05) is 29.3 Å². The third-order valence-electron chi connectivity index (χ3n) is 3.99. The maximum atomic E-state index is 10.9. The normalized spacial score (nSPS) is 22.7. The monoisotopic (exact) mass is 315 g/mol. The number of hydrogen-bond donors (Lipinski definition) is 2. The van der Waals surface area contributed by atoms with E-state index < -0.39 is 5.97 Å². The summed E-state index contributed by atoms with van der Waals surface area (Å²) in [5, 5.41) is 13.4. The molecular weight excluding hydrogens is 297 g/mol. The van der Waals surface area contributed by atoms with Crippen LogP contribution in [0.15, 0.2) is 18.2 Å². The molecule has 1 heterocycles. The molecule has 1 aromatic carbocycles. The third kappa shape index (κ3) is 4.11. The Labute approximate surface area is 129 Å². The van der Waals surface area contributed by atoms with Gasteiger partial charge in [-0.25, -0.2) is 0 Å². The van der Waals surface area contributed by atoms with Gasteiger partial charge in [-0.2, -0.15) is 0 Å². The molecule has 20 heavy (non-hydrogen) atoms. The lowest BCUT2D eigenvalue weighted by Crippen LogP contribution is -2.41. The fraction of sp³-hybridized carbons (Fsp3) is 0.533. The summed E-state index contributed by atoms with van der Waals surface area (Å²) >= 11 is 12.0. The lowest BCUT2D eigenvalue weighted by atomic mass is 9.72. The molecular formula is C15H19Cl2NO2. The Morgan fingerprint density at radius 2 is 2.15 bits per heavy atom. The summed E-state index contributed by atoms with van der Waals surface area (Å²) < 4.78 is 0. The summed E-state index contributed by atoms with van der Waals surface area (Å²) in [5.41, 5.74) is 1.13. The average molecular weight is 316 g/mol. The van der Waals surface area contributed by atoms with Crippen LogP contribution in [0.3, 0.4) is 0 Å². The fourth-order valence-corrected chi connectivity index (χ4v) is 3.26. The van der Waals surface area contributed by atoms with Crippen LogP contribution in [0, 0.1) is 5.41 Å². The van der Waals surface area contributed by atoms with Crippen LogP contribution in [0.5, 0.6) is 0 Å². The molecule has 1 saturated heterocycles. The van der Waals surface area contributed by atoms with Gasteiger partial charge in [-0.15, -0.1) is 0 Å². The number of nitrogens with one attached hydrogen (secondary N) is 1. The maximum absolute atomic E-state index is 10.9. The highest BCUT2D eigenvalue weighted by atomic mass is 35.5. The van der Waals surface area contributed by atoms with Crippen LogP contribution in [-0.4, -0.2) is 24.2 Å². The van der Waals surface area contributed by atoms with Gasteiger partial charge in [0.25, 0.3) is 0 Å². The van der Waals surface area contributed by atoms with E-state index in [9.17, 15) is 4.79 Å². The van der Waals surface area contributed by atoms with Crippen LogP contribution < -0.4 is 5.32 Å². The number of aliphatic carboxylic acids is 1. The van der Waals surface area contributed by atoms with Crippen LogP contribution in [0.1, 0.15) is 31.2 Å². The average Bonchev–Trinajstić information content (AvgIpc) is 2.42. The molecule has 1 atom stereocenters. The predicted octanol–water partition coefficient (Wildman–Crippen LogP) is 3.77. The molecule has 3 nitrogen and oxygen atoms in total. The highest BCUT2D eigenvalue weighted by Gasteiger charge is 2.32. The van der Waals surface area contributed by atoms with E-state index in [4.69, 9.17) is 28.3 Å². The molecule has 1 unspecified atom stereocenters. The van der Waals surface area contributed by atoms with Gasteiger partial charge in [-0.3, -0.25) is 4.79 Å². The Morgan fingerprint density at radius 3 is 2.75 bits per heavy atom. The van der Waals surface area contributed by atoms with E-state index in [1.807, 2.05) is 12.1 Å². The number of carboxylic acids is 1. The fourth-order valence-electron chi connectivity index (χ4n) is 2.94. The standard InChI is InChI=1S/C15H19Cl2NO2/c16-12-3-2-11(8-13(12)17)9-15(6-4-14(19)20)5-1-7-18-10-15/h2-3,8,18H,1,4-7,9-10H2,(H,19,20). The van der Waals surface area contributed by atoms with E-state index in [2.05, 4.69) is 5.32 Å². The molecule has 0 bridgehead atoms. The minimum absolute atomic E-state index is 0.00774. The van der Waals surface area contributed by atoms with Gasteiger partial charge in [0.05, 0.1) is 10.0 Å². The van der Waals surface area contributed by atoms with Gasteiger partial charge in [0.1, 0.15) is 0 Å². The molecule has 110 valence electrons. The Hall–Kier alpha value is -0.770. The number of benzene rings is 1. The van der Waals surface area contributed by atoms with E-state index in [1.54, 1.807) is 6.07 Å². The molecule has 0 saturated carbocycles. The van der Waals surface area contributed by atoms with Crippen LogP contribution in [0.2, 0.25) is 10.0 Å². The number of piperidine rings is 1. The summed E-state index contributed by atoms with van der Waals surface area (Å²) in [6.45, 7) is 1.87. The van der Waals surface area contributed by atoms with Gasteiger partial charge in [-0.05, 0) is 55.3 Å². The lowest BCUT2D eigenvalue weighted by Gasteiger charge is -2.38. The van der Waals surface area contributed by atoms with Gasteiger partial charge in [0.15, 0.2) is 0 Å². The van der Waals surface area contributed by atoms with Crippen LogP contribution in [0.25, 0.3) is 0 Å². The van der Waals surface area contributed by atoms with Crippen molar-refractivity contribution in [2.24, 2.45) is 5.41 Å². The molecule has 0 amide bonds. The molecule has 2 rings (SSSR count). The summed E-state index contributed by atoms with van der Waals surface area (Å²) in [7, 11) is 0. The van der Waals surface area contributed by atoms with Gasteiger partial charge in [0.2, 0.25) is 0 Å². The minimum Gasteiger partial charge on any atom is -0.481 e. The first-order chi connectivity index (χ1) is 9.51. The molecule has 1 aliphatic heterocycles. The maximum Gasteiger partial charge on any atom is 0.303 e. The van der Waals surface area contributed by atoms with Crippen molar-refractivity contribution >= 4 is 29.2 Å². The largest absolute Gasteiger partial charge is 0.481 e. The van der Waals surface area contributed by atoms with Crippen molar-refractivity contribution in [3.05, 3.63) is 33.8 Å². The van der Waals surface area contributed by atoms with Crippen LogP contribution in [0.4, 0.5) is 0 Å². The number of rotatable bonds is 5. The van der Waals surface area contributed by atoms with E-state index in [-0.39, 0.29) is 11.8 Å². The Morgan fingerprint density at radius 1 is 1.35 bits per heavy atom. The van der Waals surface area contributed by atoms with E-state index >= 15 is 0 Å². The van der Waals surface area contributed by atoms with Crippen molar-refractivity contribution in [2.75, 3.05) is 13.1 Å². The first-order valence-corrected chi connectivity index (χ1v) is 7.63. The van der Waals surface area contributed by atoms with Gasteiger partial charge >= 0.3 is 5.97 Å². The zero-order chi connectivity index (χ0) is 14.6. The molecule has 0 aromatic heterocycles. The van der Waals surface area contributed by atoms with E-state index in [0.29, 0.717) is 16.5 Å². The first kappa shape index (κ1) is 15.6. The predicted molar refractivity (Wildman–Crippen MR) is 81.6 cm³/mol. The van der Waals surface area contributed by atoms with Crippen LogP contribution >= 0.6 is 23.2 Å². The van der Waals surface area contributed by atoms with Crippen molar-refractivity contribution in [3.63, 3.8) is 0 Å². The second-order valence-electron chi connectivity index (χ2n) is 5.60. The highest BCUT2D eigenvalue weighted by Crippen LogP contribution is 2.36. The molecule has 1 aliphatic rings. The van der Waals surface area contributed by atoms with Crippen molar-refractivity contribution in [2.45, 2.75) is 32.1 Å². The molecule has 5 heteroatoms. The second-order valence-corrected chi connectivity index (χ2v) is 6.41. The van der Waals surface area contributed by atoms with Crippen molar-refractivity contribution in [3.8, 4) is 0 Å². The van der Waals surface area contributed by atoms with Crippen molar-refractivity contribution in [1.29, 1.82) is 0 Å². The Bertz CT molecular complexity index is 485. The Kier molecular flexibility index (Phi) is 5.30. The summed E-state index contributed by atoms with van der Waals surface area (Å²) in [6.07, 6.45) is 3.87. The molecule has 0 aliphatic carbocycles.